The van der Waals surface area contributed by atoms with Crippen LogP contribution < -0.4 is 5.32 Å². The van der Waals surface area contributed by atoms with Gasteiger partial charge in [-0.15, -0.1) is 0 Å². The average Bonchev–Trinajstić information content (AvgIpc) is 3.17. The molecular formula is C22H32N4O2. The van der Waals surface area contributed by atoms with Crippen molar-refractivity contribution in [3.8, 4) is 6.07 Å². The molecule has 0 atom stereocenters. The number of nitrogens with one attached hydrogen (secondary N) is 1. The maximum atomic E-state index is 12.4. The van der Waals surface area contributed by atoms with Gasteiger partial charge < -0.3 is 14.8 Å². The number of carbonyl (C=O) groups is 2. The van der Waals surface area contributed by atoms with Gasteiger partial charge in [0.15, 0.2) is 0 Å². The van der Waals surface area contributed by atoms with Crippen molar-refractivity contribution in [3.63, 3.8) is 0 Å². The fraction of sp³-hybridized carbons (Fsp3) is 0.591. The summed E-state index contributed by atoms with van der Waals surface area (Å²) in [4.78, 5) is 25.8. The molecule has 0 aromatic carbocycles. The van der Waals surface area contributed by atoms with Crippen LogP contribution in [0.4, 0.5) is 0 Å². The van der Waals surface area contributed by atoms with Gasteiger partial charge in [0.05, 0.1) is 0 Å². The average molecular weight is 385 g/mol. The highest BCUT2D eigenvalue weighted by Gasteiger charge is 2.19. The number of nitrogens with zero attached hydrogens (tertiary/aromatic N) is 3. The molecule has 2 heterocycles. The Morgan fingerprint density at radius 3 is 2.71 bits per heavy atom. The van der Waals surface area contributed by atoms with Crippen LogP contribution in [0.15, 0.2) is 11.6 Å². The fourth-order valence-corrected chi connectivity index (χ4v) is 3.52. The molecule has 6 nitrogen and oxygen atoms in total. The van der Waals surface area contributed by atoms with Crippen molar-refractivity contribution in [1.82, 2.24) is 14.8 Å². The third kappa shape index (κ3) is 5.72. The molecule has 6 heteroatoms. The van der Waals surface area contributed by atoms with Gasteiger partial charge in [-0.3, -0.25) is 9.59 Å². The molecule has 1 saturated heterocycles. The van der Waals surface area contributed by atoms with Crippen LogP contribution in [-0.4, -0.2) is 40.9 Å². The Morgan fingerprint density at radius 2 is 2.11 bits per heavy atom. The van der Waals surface area contributed by atoms with Gasteiger partial charge in [-0.05, 0) is 56.7 Å². The standard InChI is InChI=1S/C22H32N4O2/c1-16(2)8-12-26-17(3)13-19(18(26)4)14-20(15-23)22(28)24-9-6-11-25-10-5-7-21(25)27/h13-14,16H,5-12H2,1-4H3,(H,24,28)/b20-14-. The molecular weight excluding hydrogens is 352 g/mol. The van der Waals surface area contributed by atoms with Gasteiger partial charge in [0.2, 0.25) is 5.91 Å². The molecule has 1 aliphatic heterocycles. The molecule has 0 unspecified atom stereocenters. The van der Waals surface area contributed by atoms with Gasteiger partial charge in [-0.2, -0.15) is 5.26 Å². The molecule has 1 aromatic rings. The van der Waals surface area contributed by atoms with Crippen molar-refractivity contribution in [1.29, 1.82) is 5.26 Å². The van der Waals surface area contributed by atoms with E-state index in [0.717, 1.165) is 42.9 Å². The van der Waals surface area contributed by atoms with E-state index in [1.54, 1.807) is 6.08 Å². The van der Waals surface area contributed by atoms with Crippen molar-refractivity contribution >= 4 is 17.9 Å². The zero-order valence-electron chi connectivity index (χ0n) is 17.5. The van der Waals surface area contributed by atoms with Crippen molar-refractivity contribution in [2.75, 3.05) is 19.6 Å². The van der Waals surface area contributed by atoms with E-state index < -0.39 is 0 Å². The van der Waals surface area contributed by atoms with Crippen LogP contribution in [0, 0.1) is 31.1 Å². The summed E-state index contributed by atoms with van der Waals surface area (Å²) in [6.07, 6.45) is 5.00. The summed E-state index contributed by atoms with van der Waals surface area (Å²) in [5.41, 5.74) is 3.24. The highest BCUT2D eigenvalue weighted by atomic mass is 16.2. The Kier molecular flexibility index (Phi) is 7.86. The summed E-state index contributed by atoms with van der Waals surface area (Å²) in [6, 6.07) is 4.05. The van der Waals surface area contributed by atoms with Crippen LogP contribution in [0.1, 0.15) is 56.5 Å². The zero-order valence-corrected chi connectivity index (χ0v) is 17.5. The second-order valence-electron chi connectivity index (χ2n) is 7.92. The quantitative estimate of drug-likeness (QED) is 0.403. The van der Waals surface area contributed by atoms with E-state index in [0.29, 0.717) is 31.8 Å². The second-order valence-corrected chi connectivity index (χ2v) is 7.92. The Morgan fingerprint density at radius 1 is 1.36 bits per heavy atom. The number of carbonyl (C=O) groups excluding carboxylic acids is 2. The van der Waals surface area contributed by atoms with Gasteiger partial charge in [0, 0.05) is 44.0 Å². The zero-order chi connectivity index (χ0) is 20.7. The number of aromatic nitrogens is 1. The van der Waals surface area contributed by atoms with Gasteiger partial charge in [-0.25, -0.2) is 0 Å². The summed E-state index contributed by atoms with van der Waals surface area (Å²) < 4.78 is 2.24. The number of hydrogen-bond donors (Lipinski definition) is 1. The van der Waals surface area contributed by atoms with E-state index >= 15 is 0 Å². The van der Waals surface area contributed by atoms with E-state index in [2.05, 4.69) is 30.7 Å². The number of nitriles is 1. The van der Waals surface area contributed by atoms with Gasteiger partial charge in [0.25, 0.3) is 5.91 Å². The van der Waals surface area contributed by atoms with Crippen LogP contribution in [0.3, 0.4) is 0 Å². The van der Waals surface area contributed by atoms with Crippen molar-refractivity contribution in [2.24, 2.45) is 5.92 Å². The van der Waals surface area contributed by atoms with Crippen molar-refractivity contribution in [3.05, 3.63) is 28.6 Å². The maximum Gasteiger partial charge on any atom is 0.261 e. The first-order valence-corrected chi connectivity index (χ1v) is 10.2. The Bertz CT molecular complexity index is 783. The maximum absolute atomic E-state index is 12.4. The van der Waals surface area contributed by atoms with Crippen LogP contribution in [0.5, 0.6) is 0 Å². The number of rotatable bonds is 9. The van der Waals surface area contributed by atoms with Crippen molar-refractivity contribution < 1.29 is 9.59 Å². The molecule has 1 fully saturated rings. The highest BCUT2D eigenvalue weighted by Crippen LogP contribution is 2.20. The molecule has 2 rings (SSSR count). The summed E-state index contributed by atoms with van der Waals surface area (Å²) in [5.74, 6) is 0.454. The first kappa shape index (κ1) is 21.7. The SMILES string of the molecule is Cc1cc(/C=C(/C#N)C(=O)NCCCN2CCCC2=O)c(C)n1CCC(C)C. The number of amides is 2. The molecule has 1 aromatic heterocycles. The molecule has 152 valence electrons. The van der Waals surface area contributed by atoms with E-state index in [-0.39, 0.29) is 17.4 Å². The Hall–Kier alpha value is -2.55. The minimum atomic E-state index is -0.359. The normalized spacial score (nSPS) is 14.6. The topological polar surface area (TPSA) is 78.1 Å². The predicted molar refractivity (Wildman–Crippen MR) is 110 cm³/mol. The summed E-state index contributed by atoms with van der Waals surface area (Å²) >= 11 is 0. The number of likely N-dealkylation sites (tertiary alicyclic amines) is 1. The lowest BCUT2D eigenvalue weighted by Gasteiger charge is -2.15. The minimum Gasteiger partial charge on any atom is -0.351 e. The highest BCUT2D eigenvalue weighted by molar-refractivity contribution is 6.01. The number of aryl methyl sites for hydroxylation is 1. The second kappa shape index (κ2) is 10.1. The third-order valence-electron chi connectivity index (χ3n) is 5.27. The van der Waals surface area contributed by atoms with E-state index in [1.165, 1.54) is 0 Å². The first-order valence-electron chi connectivity index (χ1n) is 10.2. The van der Waals surface area contributed by atoms with Crippen LogP contribution in [0.25, 0.3) is 6.08 Å². The molecule has 1 N–H and O–H groups in total. The molecule has 0 saturated carbocycles. The van der Waals surface area contributed by atoms with E-state index in [4.69, 9.17) is 0 Å². The molecule has 0 aliphatic carbocycles. The minimum absolute atomic E-state index is 0.112. The van der Waals surface area contributed by atoms with Gasteiger partial charge in [0.1, 0.15) is 11.6 Å². The predicted octanol–water partition coefficient (Wildman–Crippen LogP) is 3.19. The Balaban J connectivity index is 1.95. The monoisotopic (exact) mass is 384 g/mol. The largest absolute Gasteiger partial charge is 0.351 e. The van der Waals surface area contributed by atoms with Gasteiger partial charge in [-0.1, -0.05) is 13.8 Å². The molecule has 0 spiro atoms. The van der Waals surface area contributed by atoms with Gasteiger partial charge >= 0.3 is 0 Å². The Labute approximate surface area is 168 Å². The van der Waals surface area contributed by atoms with Crippen LogP contribution >= 0.6 is 0 Å². The number of hydrogen-bond acceptors (Lipinski definition) is 3. The molecule has 0 radical (unpaired) electrons. The lowest BCUT2D eigenvalue weighted by atomic mass is 10.1. The van der Waals surface area contributed by atoms with Crippen molar-refractivity contribution in [2.45, 2.75) is 59.9 Å². The summed E-state index contributed by atoms with van der Waals surface area (Å²) in [5, 5.41) is 12.2. The lowest BCUT2D eigenvalue weighted by Crippen LogP contribution is -2.31. The summed E-state index contributed by atoms with van der Waals surface area (Å²) in [7, 11) is 0. The lowest BCUT2D eigenvalue weighted by molar-refractivity contribution is -0.127. The molecule has 28 heavy (non-hydrogen) atoms. The smallest absolute Gasteiger partial charge is 0.261 e. The summed E-state index contributed by atoms with van der Waals surface area (Å²) in [6.45, 7) is 11.3. The van der Waals surface area contributed by atoms with E-state index in [9.17, 15) is 14.9 Å². The third-order valence-corrected chi connectivity index (χ3v) is 5.27. The molecule has 0 bridgehead atoms. The molecule has 1 aliphatic rings. The fourth-order valence-electron chi connectivity index (χ4n) is 3.52. The van der Waals surface area contributed by atoms with E-state index in [1.807, 2.05) is 24.0 Å². The first-order chi connectivity index (χ1) is 13.3. The molecule has 2 amide bonds. The van der Waals surface area contributed by atoms with Crippen LogP contribution in [-0.2, 0) is 16.1 Å². The van der Waals surface area contributed by atoms with Crippen LogP contribution in [0.2, 0.25) is 0 Å².